The number of morpholine rings is 1. The molecule has 1 fully saturated rings. The second-order valence-corrected chi connectivity index (χ2v) is 4.82. The zero-order valence-electron chi connectivity index (χ0n) is 10.7. The van der Waals surface area contributed by atoms with Crippen LogP contribution in [0.2, 0.25) is 0 Å². The van der Waals surface area contributed by atoms with Crippen LogP contribution in [0.4, 0.5) is 4.39 Å². The molecule has 0 aromatic heterocycles. The second-order valence-electron chi connectivity index (χ2n) is 4.82. The molecular weight excluding hydrogens is 233 g/mol. The number of ether oxygens (including phenoxy) is 1. The molecule has 1 aromatic rings. The Labute approximate surface area is 107 Å². The van der Waals surface area contributed by atoms with E-state index in [2.05, 4.69) is 0 Å². The van der Waals surface area contributed by atoms with Gasteiger partial charge in [-0.25, -0.2) is 4.39 Å². The van der Waals surface area contributed by atoms with E-state index >= 15 is 0 Å². The van der Waals surface area contributed by atoms with Gasteiger partial charge in [-0.05, 0) is 25.5 Å². The Hall–Kier alpha value is -1.42. The number of amides is 1. The Kier molecular flexibility index (Phi) is 3.97. The molecule has 1 saturated heterocycles. The van der Waals surface area contributed by atoms with Crippen LogP contribution in [0.5, 0.6) is 0 Å². The summed E-state index contributed by atoms with van der Waals surface area (Å²) in [5.74, 6) is -0.359. The molecular formula is C14H18FNO2. The van der Waals surface area contributed by atoms with Crippen molar-refractivity contribution < 1.29 is 13.9 Å². The number of rotatable bonds is 2. The van der Waals surface area contributed by atoms with Crippen LogP contribution in [0.1, 0.15) is 19.4 Å². The molecule has 1 aromatic carbocycles. The van der Waals surface area contributed by atoms with E-state index in [1.807, 2.05) is 13.8 Å². The largest absolute Gasteiger partial charge is 0.372 e. The molecule has 0 unspecified atom stereocenters. The van der Waals surface area contributed by atoms with Crippen molar-refractivity contribution >= 4 is 5.91 Å². The molecule has 0 spiro atoms. The van der Waals surface area contributed by atoms with Gasteiger partial charge >= 0.3 is 0 Å². The standard InChI is InChI=1S/C14H18FNO2/c1-10-8-16(9-11(2)18-10)14(17)7-12-5-3-4-6-13(12)15/h3-6,10-11H,7-9H2,1-2H3/t10-,11+. The molecule has 0 bridgehead atoms. The fourth-order valence-corrected chi connectivity index (χ4v) is 2.30. The quantitative estimate of drug-likeness (QED) is 0.804. The lowest BCUT2D eigenvalue weighted by molar-refractivity contribution is -0.142. The lowest BCUT2D eigenvalue weighted by atomic mass is 10.1. The summed E-state index contributed by atoms with van der Waals surface area (Å²) in [7, 11) is 0. The highest BCUT2D eigenvalue weighted by Crippen LogP contribution is 2.14. The van der Waals surface area contributed by atoms with Crippen LogP contribution in [0, 0.1) is 5.82 Å². The molecule has 1 heterocycles. The average molecular weight is 251 g/mol. The van der Waals surface area contributed by atoms with Gasteiger partial charge in [0.1, 0.15) is 5.82 Å². The first-order chi connectivity index (χ1) is 8.56. The van der Waals surface area contributed by atoms with E-state index in [1.54, 1.807) is 23.1 Å². The highest BCUT2D eigenvalue weighted by atomic mass is 19.1. The maximum atomic E-state index is 13.5. The number of carbonyl (C=O) groups is 1. The van der Waals surface area contributed by atoms with Gasteiger partial charge in [0.15, 0.2) is 0 Å². The van der Waals surface area contributed by atoms with Gasteiger partial charge in [0, 0.05) is 13.1 Å². The van der Waals surface area contributed by atoms with Crippen LogP contribution in [0.15, 0.2) is 24.3 Å². The number of benzene rings is 1. The molecule has 98 valence electrons. The normalized spacial score (nSPS) is 24.1. The van der Waals surface area contributed by atoms with E-state index in [0.29, 0.717) is 18.7 Å². The molecule has 1 aliphatic rings. The van der Waals surface area contributed by atoms with Crippen molar-refractivity contribution in [3.63, 3.8) is 0 Å². The van der Waals surface area contributed by atoms with E-state index in [1.165, 1.54) is 6.07 Å². The minimum atomic E-state index is -0.319. The third-order valence-corrected chi connectivity index (χ3v) is 3.07. The monoisotopic (exact) mass is 251 g/mol. The third-order valence-electron chi connectivity index (χ3n) is 3.07. The van der Waals surface area contributed by atoms with Crippen LogP contribution in [-0.2, 0) is 16.0 Å². The minimum Gasteiger partial charge on any atom is -0.372 e. The van der Waals surface area contributed by atoms with Gasteiger partial charge in [0.2, 0.25) is 5.91 Å². The summed E-state index contributed by atoms with van der Waals surface area (Å²) < 4.78 is 19.0. The lowest BCUT2D eigenvalue weighted by Gasteiger charge is -2.35. The van der Waals surface area contributed by atoms with Crippen molar-refractivity contribution in [3.8, 4) is 0 Å². The van der Waals surface area contributed by atoms with Gasteiger partial charge < -0.3 is 9.64 Å². The van der Waals surface area contributed by atoms with Crippen LogP contribution in [0.25, 0.3) is 0 Å². The van der Waals surface area contributed by atoms with Gasteiger partial charge in [-0.1, -0.05) is 18.2 Å². The summed E-state index contributed by atoms with van der Waals surface area (Å²) in [5.41, 5.74) is 0.453. The number of carbonyl (C=O) groups excluding carboxylic acids is 1. The Morgan fingerprint density at radius 3 is 2.56 bits per heavy atom. The SMILES string of the molecule is C[C@@H]1CN(C(=O)Cc2ccccc2F)C[C@H](C)O1. The molecule has 18 heavy (non-hydrogen) atoms. The number of nitrogens with zero attached hydrogens (tertiary/aromatic N) is 1. The van der Waals surface area contributed by atoms with Crippen LogP contribution in [-0.4, -0.2) is 36.1 Å². The molecule has 2 rings (SSSR count). The van der Waals surface area contributed by atoms with Crippen molar-refractivity contribution in [2.24, 2.45) is 0 Å². The first-order valence-corrected chi connectivity index (χ1v) is 6.23. The van der Waals surface area contributed by atoms with Crippen LogP contribution in [0.3, 0.4) is 0 Å². The van der Waals surface area contributed by atoms with Crippen molar-refractivity contribution in [2.45, 2.75) is 32.5 Å². The Balaban J connectivity index is 2.02. The first kappa shape index (κ1) is 13.0. The molecule has 1 aliphatic heterocycles. The first-order valence-electron chi connectivity index (χ1n) is 6.23. The van der Waals surface area contributed by atoms with Crippen LogP contribution < -0.4 is 0 Å². The van der Waals surface area contributed by atoms with E-state index < -0.39 is 0 Å². The van der Waals surface area contributed by atoms with Gasteiger partial charge in [0.05, 0.1) is 18.6 Å². The van der Waals surface area contributed by atoms with E-state index in [9.17, 15) is 9.18 Å². The van der Waals surface area contributed by atoms with Gasteiger partial charge in [-0.3, -0.25) is 4.79 Å². The van der Waals surface area contributed by atoms with E-state index in [0.717, 1.165) is 0 Å². The van der Waals surface area contributed by atoms with Crippen molar-refractivity contribution in [1.29, 1.82) is 0 Å². The summed E-state index contributed by atoms with van der Waals surface area (Å²) in [6, 6.07) is 6.41. The Morgan fingerprint density at radius 2 is 1.94 bits per heavy atom. The van der Waals surface area contributed by atoms with Crippen molar-refractivity contribution in [2.75, 3.05) is 13.1 Å². The summed E-state index contributed by atoms with van der Waals surface area (Å²) in [4.78, 5) is 13.9. The molecule has 2 atom stereocenters. The summed E-state index contributed by atoms with van der Waals surface area (Å²) in [6.45, 7) is 5.05. The number of hydrogen-bond acceptors (Lipinski definition) is 2. The van der Waals surface area contributed by atoms with E-state index in [4.69, 9.17) is 4.74 Å². The summed E-state index contributed by atoms with van der Waals surface area (Å²) in [5, 5.41) is 0. The van der Waals surface area contributed by atoms with Crippen molar-refractivity contribution in [3.05, 3.63) is 35.6 Å². The highest BCUT2D eigenvalue weighted by molar-refractivity contribution is 5.79. The van der Waals surface area contributed by atoms with Gasteiger partial charge in [-0.15, -0.1) is 0 Å². The number of hydrogen-bond donors (Lipinski definition) is 0. The third kappa shape index (κ3) is 3.07. The maximum Gasteiger partial charge on any atom is 0.227 e. The Morgan fingerprint density at radius 1 is 1.33 bits per heavy atom. The maximum absolute atomic E-state index is 13.5. The highest BCUT2D eigenvalue weighted by Gasteiger charge is 2.26. The number of halogens is 1. The molecule has 0 saturated carbocycles. The summed E-state index contributed by atoms with van der Waals surface area (Å²) in [6.07, 6.45) is 0.197. The molecule has 3 nitrogen and oxygen atoms in total. The zero-order valence-corrected chi connectivity index (χ0v) is 10.7. The van der Waals surface area contributed by atoms with Gasteiger partial charge in [-0.2, -0.15) is 0 Å². The fourth-order valence-electron chi connectivity index (χ4n) is 2.30. The molecule has 0 aliphatic carbocycles. The van der Waals surface area contributed by atoms with E-state index in [-0.39, 0.29) is 30.4 Å². The average Bonchev–Trinajstić information content (AvgIpc) is 2.31. The summed E-state index contributed by atoms with van der Waals surface area (Å²) >= 11 is 0. The van der Waals surface area contributed by atoms with Crippen LogP contribution >= 0.6 is 0 Å². The molecule has 0 N–H and O–H groups in total. The van der Waals surface area contributed by atoms with Crippen molar-refractivity contribution in [1.82, 2.24) is 4.90 Å². The molecule has 0 radical (unpaired) electrons. The molecule has 4 heteroatoms. The minimum absolute atomic E-state index is 0.0397. The Bertz CT molecular complexity index is 426. The van der Waals surface area contributed by atoms with Gasteiger partial charge in [0.25, 0.3) is 0 Å². The second kappa shape index (κ2) is 5.48. The lowest BCUT2D eigenvalue weighted by Crippen LogP contribution is -2.48. The smallest absolute Gasteiger partial charge is 0.227 e. The fraction of sp³-hybridized carbons (Fsp3) is 0.500. The predicted molar refractivity (Wildman–Crippen MR) is 66.7 cm³/mol. The topological polar surface area (TPSA) is 29.5 Å². The molecule has 1 amide bonds. The zero-order chi connectivity index (χ0) is 13.1. The predicted octanol–water partition coefficient (Wildman–Crippen LogP) is 2.00.